The maximum Gasteiger partial charge on any atom is 0.365 e. The smallest absolute Gasteiger partial charge is 0.365 e. The largest absolute Gasteiger partial charge is 0.464 e. The molecule has 1 saturated heterocycles. The Bertz CT molecular complexity index is 1270. The Morgan fingerprint density at radius 2 is 1.94 bits per heavy atom. The van der Waals surface area contributed by atoms with Crippen molar-refractivity contribution >= 4 is 30.5 Å². The molecule has 1 aliphatic rings. The highest BCUT2D eigenvalue weighted by molar-refractivity contribution is 7.53. The Morgan fingerprint density at radius 1 is 1.22 bits per heavy atom. The second-order valence-electron chi connectivity index (χ2n) is 8.08. The summed E-state index contributed by atoms with van der Waals surface area (Å²) in [5, 5.41) is 21.2. The van der Waals surface area contributed by atoms with E-state index in [0.717, 1.165) is 5.56 Å². The third-order valence-corrected chi connectivity index (χ3v) is 6.49. The maximum atomic E-state index is 11.9. The molecule has 3 aromatic rings. The summed E-state index contributed by atoms with van der Waals surface area (Å²) in [7, 11) is -5.03. The molecule has 0 spiro atoms. The van der Waals surface area contributed by atoms with Gasteiger partial charge in [-0.2, -0.15) is 0 Å². The van der Waals surface area contributed by atoms with Crippen molar-refractivity contribution in [3.63, 3.8) is 0 Å². The fourth-order valence-corrected chi connectivity index (χ4v) is 4.46. The van der Waals surface area contributed by atoms with Gasteiger partial charge in [-0.25, -0.2) is 19.7 Å². The first kappa shape index (κ1) is 26.1. The summed E-state index contributed by atoms with van der Waals surface area (Å²) in [4.78, 5) is 43.8. The summed E-state index contributed by atoms with van der Waals surface area (Å²) < 4.78 is 28.5. The van der Waals surface area contributed by atoms with Crippen LogP contribution in [0.3, 0.4) is 0 Å². The molecule has 3 heterocycles. The Balaban J connectivity index is 1.55. The third kappa shape index (κ3) is 5.39. The van der Waals surface area contributed by atoms with Crippen molar-refractivity contribution in [3.05, 3.63) is 48.0 Å². The van der Waals surface area contributed by atoms with E-state index in [1.165, 1.54) is 17.8 Å². The molecular formula is C21H26N5O9P. The molecule has 1 aromatic carbocycles. The Morgan fingerprint density at radius 3 is 2.61 bits per heavy atom. The molecule has 6 N–H and O–H groups in total. The lowest BCUT2D eigenvalue weighted by molar-refractivity contribution is -0.155. The lowest BCUT2D eigenvalue weighted by Crippen LogP contribution is -2.36. The maximum absolute atomic E-state index is 11.9. The number of rotatable bonds is 9. The minimum absolute atomic E-state index is 0.118. The number of benzene rings is 1. The number of aromatic nitrogens is 4. The number of nitrogen functional groups attached to an aromatic ring is 1. The lowest BCUT2D eigenvalue weighted by Gasteiger charge is -2.20. The summed E-state index contributed by atoms with van der Waals surface area (Å²) >= 11 is 0. The number of aliphatic hydroxyl groups is 2. The van der Waals surface area contributed by atoms with Gasteiger partial charge in [-0.1, -0.05) is 30.3 Å². The molecule has 14 nitrogen and oxygen atoms in total. The number of nitrogens with zero attached hydrogens (tertiary/aromatic N) is 4. The number of fused-ring (bicyclic) bond motifs is 1. The fourth-order valence-electron chi connectivity index (χ4n) is 3.83. The summed E-state index contributed by atoms with van der Waals surface area (Å²) in [5.74, 6) is -2.93. The van der Waals surface area contributed by atoms with E-state index in [-0.39, 0.29) is 23.6 Å². The van der Waals surface area contributed by atoms with Crippen LogP contribution in [0.2, 0.25) is 0 Å². The molecule has 194 valence electrons. The van der Waals surface area contributed by atoms with Crippen LogP contribution in [0.25, 0.3) is 11.2 Å². The van der Waals surface area contributed by atoms with Crippen molar-refractivity contribution in [2.45, 2.75) is 43.7 Å². The van der Waals surface area contributed by atoms with Crippen molar-refractivity contribution in [3.8, 4) is 0 Å². The normalized spacial score (nSPS) is 23.1. The number of aliphatic hydroxyl groups excluding tert-OH is 2. The molecule has 1 aliphatic heterocycles. The molecule has 0 saturated carbocycles. The van der Waals surface area contributed by atoms with Gasteiger partial charge < -0.3 is 39.9 Å². The van der Waals surface area contributed by atoms with Gasteiger partial charge in [-0.05, 0) is 12.5 Å². The predicted molar refractivity (Wildman–Crippen MR) is 123 cm³/mol. The average Bonchev–Trinajstić information content (AvgIpc) is 3.35. The van der Waals surface area contributed by atoms with Crippen molar-refractivity contribution < 1.29 is 43.6 Å². The van der Waals surface area contributed by atoms with Crippen molar-refractivity contribution in [1.82, 2.24) is 19.5 Å². The highest BCUT2D eigenvalue weighted by atomic mass is 31.2. The van der Waals surface area contributed by atoms with E-state index >= 15 is 0 Å². The Labute approximate surface area is 204 Å². The number of esters is 1. The molecular weight excluding hydrogens is 497 g/mol. The molecule has 1 fully saturated rings. The van der Waals surface area contributed by atoms with Crippen LogP contribution in [0.15, 0.2) is 36.7 Å². The van der Waals surface area contributed by atoms with E-state index in [9.17, 15) is 29.4 Å². The highest BCUT2D eigenvalue weighted by Gasteiger charge is 2.46. The van der Waals surface area contributed by atoms with Crippen LogP contribution in [0.5, 0.6) is 0 Å². The van der Waals surface area contributed by atoms with Gasteiger partial charge in [-0.3, -0.25) is 9.13 Å². The van der Waals surface area contributed by atoms with E-state index in [0.29, 0.717) is 12.2 Å². The van der Waals surface area contributed by atoms with Gasteiger partial charge in [0.25, 0.3) is 5.85 Å². The number of carbonyl (C=O) groups is 1. The number of ether oxygens (including phenoxy) is 3. The summed E-state index contributed by atoms with van der Waals surface area (Å²) in [6.07, 6.45) is -3.72. The zero-order valence-electron chi connectivity index (χ0n) is 19.1. The molecule has 5 atom stereocenters. The summed E-state index contributed by atoms with van der Waals surface area (Å²) in [5.41, 5.74) is 7.54. The molecule has 0 amide bonds. The zero-order valence-corrected chi connectivity index (χ0v) is 20.0. The second-order valence-corrected chi connectivity index (χ2v) is 9.73. The quantitative estimate of drug-likeness (QED) is 0.180. The van der Waals surface area contributed by atoms with Gasteiger partial charge in [0.1, 0.15) is 29.7 Å². The van der Waals surface area contributed by atoms with E-state index in [4.69, 9.17) is 15.2 Å². The molecule has 2 aromatic heterocycles. The first-order valence-electron chi connectivity index (χ1n) is 11.0. The number of hydrogen-bond acceptors (Lipinski definition) is 11. The van der Waals surface area contributed by atoms with Gasteiger partial charge in [0.15, 0.2) is 17.7 Å². The van der Waals surface area contributed by atoms with E-state index in [1.54, 1.807) is 0 Å². The third-order valence-electron chi connectivity index (χ3n) is 5.52. The van der Waals surface area contributed by atoms with Crippen LogP contribution in [0.1, 0.15) is 24.5 Å². The lowest BCUT2D eigenvalue weighted by atomic mass is 10.1. The first-order valence-corrected chi connectivity index (χ1v) is 12.7. The van der Waals surface area contributed by atoms with Crippen molar-refractivity contribution in [2.24, 2.45) is 0 Å². The standard InChI is InChI=1S/C21H26N5O9P/c1-2-33-20(29)21(36(30,31)32)34-9-12-15(27)16(28)19(35-12)26-10-23-14-17(22)24-13(25-18(14)26)8-11-6-4-3-5-7-11/h3-7,10,12,15-16,19,21,27-28H,2,8-9H2,1H3,(H2,22,24,25)(H2,30,31,32)/t12-,15+,16-,19-,21-/m1/s1. The van der Waals surface area contributed by atoms with E-state index in [1.807, 2.05) is 30.3 Å². The zero-order chi connectivity index (χ0) is 26.0. The molecule has 15 heteroatoms. The second kappa shape index (κ2) is 10.6. The van der Waals surface area contributed by atoms with Gasteiger partial charge >= 0.3 is 13.6 Å². The van der Waals surface area contributed by atoms with Crippen LogP contribution in [-0.4, -0.2) is 82.9 Å². The van der Waals surface area contributed by atoms with Gasteiger partial charge in [0.05, 0.1) is 19.5 Å². The molecule has 0 unspecified atom stereocenters. The van der Waals surface area contributed by atoms with Gasteiger partial charge in [0, 0.05) is 6.42 Å². The van der Waals surface area contributed by atoms with Crippen LogP contribution < -0.4 is 5.73 Å². The van der Waals surface area contributed by atoms with Crippen LogP contribution in [-0.2, 0) is 30.0 Å². The number of imidazole rings is 1. The number of nitrogens with two attached hydrogens (primary N) is 1. The van der Waals surface area contributed by atoms with Crippen LogP contribution in [0.4, 0.5) is 5.82 Å². The molecule has 0 radical (unpaired) electrons. The number of hydrogen-bond donors (Lipinski definition) is 5. The number of carbonyl (C=O) groups excluding carboxylic acids is 1. The van der Waals surface area contributed by atoms with Gasteiger partial charge in [0.2, 0.25) is 0 Å². The van der Waals surface area contributed by atoms with E-state index < -0.39 is 50.6 Å². The molecule has 4 rings (SSSR count). The molecule has 0 aliphatic carbocycles. The highest BCUT2D eigenvalue weighted by Crippen LogP contribution is 2.43. The fraction of sp³-hybridized carbons (Fsp3) is 0.429. The van der Waals surface area contributed by atoms with Gasteiger partial charge in [-0.15, -0.1) is 0 Å². The monoisotopic (exact) mass is 523 g/mol. The first-order chi connectivity index (χ1) is 17.1. The van der Waals surface area contributed by atoms with Crippen molar-refractivity contribution in [1.29, 1.82) is 0 Å². The predicted octanol–water partition coefficient (Wildman–Crippen LogP) is -0.298. The molecule has 36 heavy (non-hydrogen) atoms. The minimum atomic E-state index is -5.03. The summed E-state index contributed by atoms with van der Waals surface area (Å²) in [6, 6.07) is 9.47. The Hall–Kier alpha value is -2.97. The van der Waals surface area contributed by atoms with Crippen molar-refractivity contribution in [2.75, 3.05) is 18.9 Å². The topological polar surface area (TPSA) is 212 Å². The Kier molecular flexibility index (Phi) is 7.66. The van der Waals surface area contributed by atoms with E-state index in [2.05, 4.69) is 19.7 Å². The SMILES string of the molecule is CCOC(=O)[C@H](OC[C@H]1O[C@@H](n2cnc3c(N)nc(Cc4ccccc4)nc32)[C@H](O)[C@H]1O)P(=O)(O)O. The van der Waals surface area contributed by atoms with Crippen LogP contribution in [0, 0.1) is 0 Å². The van der Waals surface area contributed by atoms with Crippen LogP contribution >= 0.6 is 7.60 Å². The number of anilines is 1. The summed E-state index contributed by atoms with van der Waals surface area (Å²) in [6.45, 7) is 0.732. The average molecular weight is 523 g/mol. The molecule has 0 bridgehead atoms. The minimum Gasteiger partial charge on any atom is -0.464 e.